The summed E-state index contributed by atoms with van der Waals surface area (Å²) < 4.78 is 0. The van der Waals surface area contributed by atoms with Crippen LogP contribution in [0.15, 0.2) is 0 Å². The van der Waals surface area contributed by atoms with Crippen molar-refractivity contribution in [1.82, 2.24) is 5.32 Å². The summed E-state index contributed by atoms with van der Waals surface area (Å²) in [5, 5.41) is 3.87. The van der Waals surface area contributed by atoms with Crippen LogP contribution in [-0.4, -0.2) is 12.6 Å². The van der Waals surface area contributed by atoms with Gasteiger partial charge in [0.15, 0.2) is 0 Å². The minimum Gasteiger partial charge on any atom is -0.313 e. The molecule has 94 valence electrons. The minimum atomic E-state index is 0.822. The Bertz CT molecular complexity index is 180. The lowest BCUT2D eigenvalue weighted by Gasteiger charge is -2.34. The lowest BCUT2D eigenvalue weighted by Crippen LogP contribution is -2.41. The molecule has 0 spiro atoms. The highest BCUT2D eigenvalue weighted by Crippen LogP contribution is 2.30. The Morgan fingerprint density at radius 1 is 0.812 bits per heavy atom. The molecule has 0 radical (unpaired) electrons. The molecule has 2 saturated carbocycles. The van der Waals surface area contributed by atoms with Crippen LogP contribution in [0.2, 0.25) is 0 Å². The van der Waals surface area contributed by atoms with E-state index in [9.17, 15) is 0 Å². The molecule has 0 aliphatic heterocycles. The molecule has 0 aromatic carbocycles. The smallest absolute Gasteiger partial charge is 0.00928 e. The third kappa shape index (κ3) is 3.23. The van der Waals surface area contributed by atoms with Crippen molar-refractivity contribution in [3.63, 3.8) is 0 Å². The van der Waals surface area contributed by atoms with Crippen LogP contribution < -0.4 is 5.32 Å². The average molecular weight is 223 g/mol. The van der Waals surface area contributed by atoms with Crippen LogP contribution in [0.4, 0.5) is 0 Å². The fraction of sp³-hybridized carbons (Fsp3) is 1.00. The van der Waals surface area contributed by atoms with Crippen LogP contribution in [0.5, 0.6) is 0 Å². The molecule has 2 aliphatic rings. The molecule has 4 unspecified atom stereocenters. The predicted molar refractivity (Wildman–Crippen MR) is 70.5 cm³/mol. The van der Waals surface area contributed by atoms with Crippen molar-refractivity contribution in [3.05, 3.63) is 0 Å². The zero-order chi connectivity index (χ0) is 11.4. The quantitative estimate of drug-likeness (QED) is 0.763. The van der Waals surface area contributed by atoms with Crippen molar-refractivity contribution in [2.45, 2.75) is 71.3 Å². The monoisotopic (exact) mass is 223 g/mol. The Balaban J connectivity index is 1.72. The molecule has 0 saturated heterocycles. The van der Waals surface area contributed by atoms with Crippen molar-refractivity contribution in [1.29, 1.82) is 0 Å². The molecule has 2 fully saturated rings. The van der Waals surface area contributed by atoms with Crippen molar-refractivity contribution >= 4 is 0 Å². The molecule has 1 nitrogen and oxygen atoms in total. The standard InChI is InChI=1S/C15H29N/c1-12-7-3-5-9-14(12)11-16-15-10-6-4-8-13(15)2/h12-16H,3-11H2,1-2H3. The van der Waals surface area contributed by atoms with E-state index in [2.05, 4.69) is 19.2 Å². The maximum atomic E-state index is 3.87. The van der Waals surface area contributed by atoms with Gasteiger partial charge in [-0.2, -0.15) is 0 Å². The van der Waals surface area contributed by atoms with Gasteiger partial charge in [-0.1, -0.05) is 46.0 Å². The van der Waals surface area contributed by atoms with Gasteiger partial charge in [0.05, 0.1) is 0 Å². The van der Waals surface area contributed by atoms with E-state index in [-0.39, 0.29) is 0 Å². The van der Waals surface area contributed by atoms with Crippen molar-refractivity contribution in [2.75, 3.05) is 6.54 Å². The molecule has 0 aromatic heterocycles. The van der Waals surface area contributed by atoms with Crippen LogP contribution in [0.25, 0.3) is 0 Å². The summed E-state index contributed by atoms with van der Waals surface area (Å²) in [4.78, 5) is 0. The number of hydrogen-bond donors (Lipinski definition) is 1. The SMILES string of the molecule is CC1CCCCC1CNC1CCCCC1C. The molecule has 0 aromatic rings. The zero-order valence-corrected chi connectivity index (χ0v) is 11.2. The van der Waals surface area contributed by atoms with Gasteiger partial charge in [0.25, 0.3) is 0 Å². The van der Waals surface area contributed by atoms with Gasteiger partial charge in [0.1, 0.15) is 0 Å². The van der Waals surface area contributed by atoms with E-state index in [4.69, 9.17) is 0 Å². The Labute approximate surface area is 101 Å². The van der Waals surface area contributed by atoms with Crippen molar-refractivity contribution in [3.8, 4) is 0 Å². The summed E-state index contributed by atoms with van der Waals surface area (Å²) in [6, 6.07) is 0.822. The van der Waals surface area contributed by atoms with Crippen LogP contribution in [0, 0.1) is 17.8 Å². The van der Waals surface area contributed by atoms with Gasteiger partial charge in [-0.25, -0.2) is 0 Å². The molecular formula is C15H29N. The van der Waals surface area contributed by atoms with Gasteiger partial charge >= 0.3 is 0 Å². The minimum absolute atomic E-state index is 0.822. The van der Waals surface area contributed by atoms with Crippen molar-refractivity contribution in [2.24, 2.45) is 17.8 Å². The first-order chi connectivity index (χ1) is 7.77. The highest BCUT2D eigenvalue weighted by molar-refractivity contribution is 4.81. The molecule has 0 amide bonds. The third-order valence-corrected chi connectivity index (χ3v) is 5.04. The van der Waals surface area contributed by atoms with Gasteiger partial charge in [0, 0.05) is 6.04 Å². The summed E-state index contributed by atoms with van der Waals surface area (Å²) in [6.45, 7) is 6.17. The lowest BCUT2D eigenvalue weighted by molar-refractivity contribution is 0.212. The molecule has 16 heavy (non-hydrogen) atoms. The van der Waals surface area contributed by atoms with E-state index >= 15 is 0 Å². The molecular weight excluding hydrogens is 194 g/mol. The van der Waals surface area contributed by atoms with Gasteiger partial charge in [-0.05, 0) is 43.6 Å². The van der Waals surface area contributed by atoms with E-state index in [0.29, 0.717) is 0 Å². The van der Waals surface area contributed by atoms with E-state index < -0.39 is 0 Å². The number of nitrogens with one attached hydrogen (secondary N) is 1. The topological polar surface area (TPSA) is 12.0 Å². The fourth-order valence-electron chi connectivity index (χ4n) is 3.62. The van der Waals surface area contributed by atoms with E-state index in [1.165, 1.54) is 57.9 Å². The summed E-state index contributed by atoms with van der Waals surface area (Å²) in [5.74, 6) is 2.83. The molecule has 1 N–H and O–H groups in total. The Kier molecular flexibility index (Phi) is 4.69. The molecule has 0 heterocycles. The number of hydrogen-bond acceptors (Lipinski definition) is 1. The summed E-state index contributed by atoms with van der Waals surface area (Å²) in [6.07, 6.45) is 11.6. The maximum Gasteiger partial charge on any atom is 0.00928 e. The highest BCUT2D eigenvalue weighted by atomic mass is 14.9. The van der Waals surface area contributed by atoms with Gasteiger partial charge in [-0.3, -0.25) is 0 Å². The normalized spacial score (nSPS) is 40.9. The third-order valence-electron chi connectivity index (χ3n) is 5.04. The van der Waals surface area contributed by atoms with E-state index in [1.54, 1.807) is 0 Å². The molecule has 2 rings (SSSR count). The second-order valence-electron chi connectivity index (χ2n) is 6.30. The van der Waals surface area contributed by atoms with E-state index in [0.717, 1.165) is 23.8 Å². The lowest BCUT2D eigenvalue weighted by atomic mass is 9.79. The first-order valence-corrected chi connectivity index (χ1v) is 7.50. The summed E-state index contributed by atoms with van der Waals surface area (Å²) in [5.41, 5.74) is 0. The van der Waals surface area contributed by atoms with Gasteiger partial charge < -0.3 is 5.32 Å². The Morgan fingerprint density at radius 2 is 1.44 bits per heavy atom. The summed E-state index contributed by atoms with van der Waals surface area (Å²) in [7, 11) is 0. The van der Waals surface area contributed by atoms with Crippen LogP contribution in [0.3, 0.4) is 0 Å². The largest absolute Gasteiger partial charge is 0.313 e. The first kappa shape index (κ1) is 12.4. The Morgan fingerprint density at radius 3 is 2.12 bits per heavy atom. The van der Waals surface area contributed by atoms with Gasteiger partial charge in [0.2, 0.25) is 0 Å². The molecule has 4 atom stereocenters. The van der Waals surface area contributed by atoms with Crippen LogP contribution >= 0.6 is 0 Å². The zero-order valence-electron chi connectivity index (χ0n) is 11.2. The first-order valence-electron chi connectivity index (χ1n) is 7.50. The number of rotatable bonds is 3. The maximum absolute atomic E-state index is 3.87. The van der Waals surface area contributed by atoms with Crippen LogP contribution in [0.1, 0.15) is 65.2 Å². The highest BCUT2D eigenvalue weighted by Gasteiger charge is 2.25. The molecule has 2 aliphatic carbocycles. The predicted octanol–water partition coefficient (Wildman–Crippen LogP) is 3.98. The van der Waals surface area contributed by atoms with Gasteiger partial charge in [-0.15, -0.1) is 0 Å². The Hall–Kier alpha value is -0.0400. The second kappa shape index (κ2) is 6.05. The van der Waals surface area contributed by atoms with E-state index in [1.807, 2.05) is 0 Å². The second-order valence-corrected chi connectivity index (χ2v) is 6.30. The van der Waals surface area contributed by atoms with Crippen molar-refractivity contribution < 1.29 is 0 Å². The molecule has 0 bridgehead atoms. The fourth-order valence-corrected chi connectivity index (χ4v) is 3.62. The molecule has 1 heteroatoms. The summed E-state index contributed by atoms with van der Waals surface area (Å²) >= 11 is 0. The van der Waals surface area contributed by atoms with Crippen LogP contribution in [-0.2, 0) is 0 Å². The average Bonchev–Trinajstić information content (AvgIpc) is 2.30.